The fourth-order valence-electron chi connectivity index (χ4n) is 2.88. The highest BCUT2D eigenvalue weighted by atomic mass is 16.2. The molecule has 0 atom stereocenters. The molecule has 3 amide bonds. The van der Waals surface area contributed by atoms with E-state index in [4.69, 9.17) is 0 Å². The topological polar surface area (TPSA) is 89.2 Å². The molecule has 26 heavy (non-hydrogen) atoms. The van der Waals surface area contributed by atoms with Crippen LogP contribution in [0.5, 0.6) is 0 Å². The van der Waals surface area contributed by atoms with Gasteiger partial charge in [0.25, 0.3) is 5.91 Å². The van der Waals surface area contributed by atoms with Crippen molar-refractivity contribution in [2.75, 3.05) is 13.6 Å². The van der Waals surface area contributed by atoms with Crippen LogP contribution in [0.4, 0.5) is 4.79 Å². The zero-order valence-corrected chi connectivity index (χ0v) is 14.4. The fourth-order valence-corrected chi connectivity index (χ4v) is 2.88. The number of aromatic nitrogens is 5. The molecule has 1 aliphatic heterocycles. The number of rotatable bonds is 4. The van der Waals surface area contributed by atoms with Crippen LogP contribution >= 0.6 is 0 Å². The molecule has 0 spiro atoms. The van der Waals surface area contributed by atoms with Gasteiger partial charge in [-0.25, -0.2) is 9.78 Å². The first kappa shape index (κ1) is 16.0. The van der Waals surface area contributed by atoms with Gasteiger partial charge in [-0.3, -0.25) is 14.4 Å². The van der Waals surface area contributed by atoms with Crippen molar-refractivity contribution < 1.29 is 9.59 Å². The van der Waals surface area contributed by atoms with Crippen molar-refractivity contribution in [3.8, 4) is 17.2 Å². The molecule has 1 saturated heterocycles. The van der Waals surface area contributed by atoms with Crippen LogP contribution in [0.25, 0.3) is 17.2 Å². The van der Waals surface area contributed by atoms with Crippen molar-refractivity contribution in [2.45, 2.75) is 6.54 Å². The number of benzene rings is 1. The normalized spacial score (nSPS) is 14.5. The molecular weight excluding hydrogens is 334 g/mol. The highest BCUT2D eigenvalue weighted by Crippen LogP contribution is 2.20. The molecule has 132 valence electrons. The fraction of sp³-hybridized carbons (Fsp3) is 0.235. The first-order chi connectivity index (χ1) is 12.5. The molecule has 9 nitrogen and oxygen atoms in total. The van der Waals surface area contributed by atoms with Crippen molar-refractivity contribution in [2.24, 2.45) is 7.05 Å². The lowest BCUT2D eigenvalue weighted by Crippen LogP contribution is -2.32. The largest absolute Gasteiger partial charge is 0.327 e. The van der Waals surface area contributed by atoms with Crippen molar-refractivity contribution in [3.63, 3.8) is 0 Å². The second kappa shape index (κ2) is 6.10. The predicted octanol–water partition coefficient (Wildman–Crippen LogP) is 1.06. The maximum atomic E-state index is 12.2. The van der Waals surface area contributed by atoms with Gasteiger partial charge in [0.1, 0.15) is 6.54 Å². The lowest BCUT2D eigenvalue weighted by atomic mass is 10.2. The maximum absolute atomic E-state index is 12.2. The number of likely N-dealkylation sites (N-methyl/N-ethyl adjacent to an activating group) is 1. The molecule has 0 aliphatic carbocycles. The third kappa shape index (κ3) is 2.63. The summed E-state index contributed by atoms with van der Waals surface area (Å²) in [5, 5.41) is 8.74. The highest BCUT2D eigenvalue weighted by Gasteiger charge is 2.35. The summed E-state index contributed by atoms with van der Waals surface area (Å²) in [4.78, 5) is 31.5. The Balaban J connectivity index is 1.77. The molecule has 0 saturated carbocycles. The lowest BCUT2D eigenvalue weighted by molar-refractivity contribution is -0.125. The second-order valence-corrected chi connectivity index (χ2v) is 6.06. The van der Waals surface area contributed by atoms with E-state index in [9.17, 15) is 9.59 Å². The number of hydrogen-bond acceptors (Lipinski definition) is 5. The van der Waals surface area contributed by atoms with Crippen molar-refractivity contribution in [1.82, 2.24) is 34.3 Å². The minimum absolute atomic E-state index is 0.0486. The Labute approximate surface area is 149 Å². The van der Waals surface area contributed by atoms with Gasteiger partial charge in [0.2, 0.25) is 0 Å². The number of urea groups is 1. The van der Waals surface area contributed by atoms with E-state index in [1.807, 2.05) is 30.3 Å². The second-order valence-electron chi connectivity index (χ2n) is 6.06. The number of amides is 3. The average Bonchev–Trinajstić information content (AvgIpc) is 3.30. The number of nitrogens with zero attached hydrogens (tertiary/aromatic N) is 7. The standard InChI is InChI=1S/C17H17N7O2/c1-21-11-15(25)23(17(21)26)10-13-19-16(12-6-4-3-5-7-12)20-24(13)14-8-9-18-22(14)2/h3-9H,10-11H2,1-2H3. The Morgan fingerprint density at radius 2 is 1.85 bits per heavy atom. The molecule has 1 aliphatic rings. The summed E-state index contributed by atoms with van der Waals surface area (Å²) in [6.45, 7) is 0.122. The third-order valence-corrected chi connectivity index (χ3v) is 4.25. The van der Waals surface area contributed by atoms with Gasteiger partial charge >= 0.3 is 6.03 Å². The van der Waals surface area contributed by atoms with Gasteiger partial charge in [0.15, 0.2) is 17.5 Å². The first-order valence-electron chi connectivity index (χ1n) is 8.10. The Morgan fingerprint density at radius 3 is 2.46 bits per heavy atom. The zero-order valence-electron chi connectivity index (χ0n) is 14.4. The van der Waals surface area contributed by atoms with E-state index in [-0.39, 0.29) is 25.0 Å². The van der Waals surface area contributed by atoms with Crippen LogP contribution in [-0.4, -0.2) is 59.9 Å². The SMILES string of the molecule is CN1CC(=O)N(Cc2nc(-c3ccccc3)nn2-c2ccnn2C)C1=O. The number of carbonyl (C=O) groups excluding carboxylic acids is 2. The minimum atomic E-state index is -0.337. The summed E-state index contributed by atoms with van der Waals surface area (Å²) >= 11 is 0. The summed E-state index contributed by atoms with van der Waals surface area (Å²) in [6, 6.07) is 11.0. The molecule has 2 aromatic heterocycles. The molecular formula is C17H17N7O2. The quantitative estimate of drug-likeness (QED) is 0.656. The van der Waals surface area contributed by atoms with Gasteiger partial charge < -0.3 is 4.90 Å². The molecule has 0 bridgehead atoms. The first-order valence-corrected chi connectivity index (χ1v) is 8.10. The van der Waals surface area contributed by atoms with Crippen LogP contribution in [0.1, 0.15) is 5.82 Å². The number of imide groups is 1. The van der Waals surface area contributed by atoms with Gasteiger partial charge in [0.05, 0.1) is 12.7 Å². The summed E-state index contributed by atoms with van der Waals surface area (Å²) in [5.74, 6) is 1.46. The molecule has 0 radical (unpaired) electrons. The number of carbonyl (C=O) groups is 2. The molecule has 9 heteroatoms. The monoisotopic (exact) mass is 351 g/mol. The molecule has 0 N–H and O–H groups in total. The van der Waals surface area contributed by atoms with Crippen LogP contribution in [0.2, 0.25) is 0 Å². The summed E-state index contributed by atoms with van der Waals surface area (Å²) in [6.07, 6.45) is 1.66. The Kier molecular flexibility index (Phi) is 3.76. The van der Waals surface area contributed by atoms with Crippen LogP contribution in [0, 0.1) is 0 Å². The van der Waals surface area contributed by atoms with E-state index in [2.05, 4.69) is 15.2 Å². The Bertz CT molecular complexity index is 976. The average molecular weight is 351 g/mol. The van der Waals surface area contributed by atoms with E-state index >= 15 is 0 Å². The van der Waals surface area contributed by atoms with Crippen molar-refractivity contribution in [1.29, 1.82) is 0 Å². The van der Waals surface area contributed by atoms with Gasteiger partial charge in [-0.15, -0.1) is 5.10 Å². The summed E-state index contributed by atoms with van der Waals surface area (Å²) in [7, 11) is 3.39. The number of hydrogen-bond donors (Lipinski definition) is 0. The number of aryl methyl sites for hydroxylation is 1. The predicted molar refractivity (Wildman–Crippen MR) is 92.1 cm³/mol. The Morgan fingerprint density at radius 1 is 1.08 bits per heavy atom. The van der Waals surface area contributed by atoms with Crippen LogP contribution in [-0.2, 0) is 18.4 Å². The lowest BCUT2D eigenvalue weighted by Gasteiger charge is -2.14. The molecule has 3 heterocycles. The molecule has 1 aromatic carbocycles. The summed E-state index contributed by atoms with van der Waals surface area (Å²) in [5.41, 5.74) is 0.853. The summed E-state index contributed by atoms with van der Waals surface area (Å²) < 4.78 is 3.28. The van der Waals surface area contributed by atoms with E-state index in [0.717, 1.165) is 5.56 Å². The highest BCUT2D eigenvalue weighted by molar-refractivity contribution is 6.01. The van der Waals surface area contributed by atoms with Gasteiger partial charge in [0, 0.05) is 25.7 Å². The van der Waals surface area contributed by atoms with Crippen LogP contribution in [0.15, 0.2) is 42.6 Å². The van der Waals surface area contributed by atoms with Gasteiger partial charge in [-0.1, -0.05) is 30.3 Å². The van der Waals surface area contributed by atoms with Crippen LogP contribution < -0.4 is 0 Å². The van der Waals surface area contributed by atoms with Gasteiger partial charge in [-0.05, 0) is 0 Å². The molecule has 3 aromatic rings. The van der Waals surface area contributed by atoms with Crippen molar-refractivity contribution >= 4 is 11.9 Å². The van der Waals surface area contributed by atoms with Crippen molar-refractivity contribution in [3.05, 3.63) is 48.4 Å². The molecule has 4 rings (SSSR count). The Hall–Kier alpha value is -3.49. The smallest absolute Gasteiger partial charge is 0.318 e. The maximum Gasteiger partial charge on any atom is 0.327 e. The zero-order chi connectivity index (χ0) is 18.3. The minimum Gasteiger partial charge on any atom is -0.318 e. The molecule has 1 fully saturated rings. The van der Waals surface area contributed by atoms with E-state index < -0.39 is 0 Å². The van der Waals surface area contributed by atoms with E-state index in [1.165, 1.54) is 9.80 Å². The molecule has 0 unspecified atom stereocenters. The van der Waals surface area contributed by atoms with Gasteiger partial charge in [-0.2, -0.15) is 9.78 Å². The third-order valence-electron chi connectivity index (χ3n) is 4.25. The van der Waals surface area contributed by atoms with E-state index in [0.29, 0.717) is 17.5 Å². The van der Waals surface area contributed by atoms with E-state index in [1.54, 1.807) is 35.7 Å². The van der Waals surface area contributed by atoms with Crippen LogP contribution in [0.3, 0.4) is 0 Å².